The van der Waals surface area contributed by atoms with E-state index in [9.17, 15) is 0 Å². The summed E-state index contributed by atoms with van der Waals surface area (Å²) in [6.45, 7) is 0. The van der Waals surface area contributed by atoms with Gasteiger partial charge in [0.2, 0.25) is 0 Å². The lowest BCUT2D eigenvalue weighted by atomic mass is 10.2. The predicted octanol–water partition coefficient (Wildman–Crippen LogP) is 5.39. The lowest BCUT2D eigenvalue weighted by molar-refractivity contribution is 1.06. The summed E-state index contributed by atoms with van der Waals surface area (Å²) < 4.78 is 1.96. The van der Waals surface area contributed by atoms with Gasteiger partial charge in [0.05, 0.1) is 12.0 Å². The van der Waals surface area contributed by atoms with E-state index < -0.39 is 0 Å². The minimum Gasteiger partial charge on any atom is -0.331 e. The van der Waals surface area contributed by atoms with Crippen LogP contribution in [0.1, 0.15) is 0 Å². The number of rotatable bonds is 4. The molecule has 2 aromatic carbocycles. The minimum atomic E-state index is 0.705. The second-order valence-electron chi connectivity index (χ2n) is 5.16. The Morgan fingerprint density at radius 2 is 2.00 bits per heavy atom. The summed E-state index contributed by atoms with van der Waals surface area (Å²) in [4.78, 5) is 8.71. The number of thiazole rings is 1. The third kappa shape index (κ3) is 3.04. The Morgan fingerprint density at radius 3 is 2.83 bits per heavy atom. The van der Waals surface area contributed by atoms with Crippen molar-refractivity contribution in [1.29, 1.82) is 0 Å². The molecule has 0 fully saturated rings. The van der Waals surface area contributed by atoms with Crippen molar-refractivity contribution in [3.05, 3.63) is 77.7 Å². The van der Waals surface area contributed by atoms with Crippen LogP contribution in [0.15, 0.2) is 72.6 Å². The van der Waals surface area contributed by atoms with E-state index in [1.807, 2.05) is 58.6 Å². The maximum Gasteiger partial charge on any atom is 0.187 e. The zero-order chi connectivity index (χ0) is 16.4. The van der Waals surface area contributed by atoms with Crippen LogP contribution in [-0.2, 0) is 0 Å². The molecule has 0 aliphatic carbocycles. The highest BCUT2D eigenvalue weighted by molar-refractivity contribution is 7.14. The van der Waals surface area contributed by atoms with Crippen LogP contribution in [0.3, 0.4) is 0 Å². The second kappa shape index (κ2) is 6.47. The van der Waals surface area contributed by atoms with Gasteiger partial charge in [-0.3, -0.25) is 0 Å². The number of benzene rings is 2. The summed E-state index contributed by atoms with van der Waals surface area (Å²) in [5.41, 5.74) is 3.83. The van der Waals surface area contributed by atoms with E-state index >= 15 is 0 Å². The highest BCUT2D eigenvalue weighted by atomic mass is 35.5. The molecule has 0 saturated carbocycles. The molecule has 0 aliphatic heterocycles. The summed E-state index contributed by atoms with van der Waals surface area (Å²) in [6.07, 6.45) is 5.45. The third-order valence-electron chi connectivity index (χ3n) is 3.55. The summed E-state index contributed by atoms with van der Waals surface area (Å²) in [6, 6.07) is 15.8. The highest BCUT2D eigenvalue weighted by Gasteiger charge is 2.08. The molecule has 118 valence electrons. The quantitative estimate of drug-likeness (QED) is 0.535. The first-order chi connectivity index (χ1) is 11.8. The van der Waals surface area contributed by atoms with Gasteiger partial charge in [-0.15, -0.1) is 11.3 Å². The average molecular weight is 353 g/mol. The van der Waals surface area contributed by atoms with Gasteiger partial charge in [0.1, 0.15) is 0 Å². The minimum absolute atomic E-state index is 0.705. The lowest BCUT2D eigenvalue weighted by Gasteiger charge is -2.06. The van der Waals surface area contributed by atoms with Crippen molar-refractivity contribution >= 4 is 33.8 Å². The van der Waals surface area contributed by atoms with Gasteiger partial charge in [-0.25, -0.2) is 9.97 Å². The van der Waals surface area contributed by atoms with Crippen molar-refractivity contribution in [2.45, 2.75) is 0 Å². The monoisotopic (exact) mass is 352 g/mol. The first kappa shape index (κ1) is 14.9. The lowest BCUT2D eigenvalue weighted by Crippen LogP contribution is -1.94. The number of nitrogens with zero attached hydrogens (tertiary/aromatic N) is 3. The average Bonchev–Trinajstić information content (AvgIpc) is 3.27. The van der Waals surface area contributed by atoms with Gasteiger partial charge in [-0.1, -0.05) is 35.9 Å². The van der Waals surface area contributed by atoms with E-state index in [-0.39, 0.29) is 0 Å². The summed E-state index contributed by atoms with van der Waals surface area (Å²) >= 11 is 7.79. The largest absolute Gasteiger partial charge is 0.331 e. The van der Waals surface area contributed by atoms with Crippen molar-refractivity contribution in [3.63, 3.8) is 0 Å². The van der Waals surface area contributed by atoms with Crippen LogP contribution in [0, 0.1) is 0 Å². The number of hydrogen-bond acceptors (Lipinski definition) is 4. The van der Waals surface area contributed by atoms with Crippen molar-refractivity contribution in [2.24, 2.45) is 0 Å². The van der Waals surface area contributed by atoms with E-state index in [4.69, 9.17) is 11.6 Å². The van der Waals surface area contributed by atoms with Gasteiger partial charge < -0.3 is 9.88 Å². The summed E-state index contributed by atoms with van der Waals surface area (Å²) in [5, 5.41) is 6.88. The summed E-state index contributed by atoms with van der Waals surface area (Å²) in [7, 11) is 0. The van der Waals surface area contributed by atoms with Gasteiger partial charge in [-0.2, -0.15) is 0 Å². The normalized spacial score (nSPS) is 10.7. The molecule has 4 aromatic rings. The van der Waals surface area contributed by atoms with Crippen LogP contribution in [0.5, 0.6) is 0 Å². The van der Waals surface area contributed by atoms with Gasteiger partial charge in [0.15, 0.2) is 5.13 Å². The maximum atomic E-state index is 6.24. The molecule has 4 nitrogen and oxygen atoms in total. The molecule has 0 bridgehead atoms. The SMILES string of the molecule is Clc1ccccc1-c1csc(Nc2cccc(-n3ccnc3)c2)n1. The molecule has 0 unspecified atom stereocenters. The van der Waals surface area contributed by atoms with Crippen molar-refractivity contribution in [2.75, 3.05) is 5.32 Å². The number of nitrogens with one attached hydrogen (secondary N) is 1. The molecule has 0 saturated heterocycles. The smallest absolute Gasteiger partial charge is 0.187 e. The van der Waals surface area contributed by atoms with Crippen LogP contribution >= 0.6 is 22.9 Å². The topological polar surface area (TPSA) is 42.7 Å². The Balaban J connectivity index is 1.59. The molecule has 24 heavy (non-hydrogen) atoms. The van der Waals surface area contributed by atoms with Crippen LogP contribution < -0.4 is 5.32 Å². The fraction of sp³-hybridized carbons (Fsp3) is 0. The van der Waals surface area contributed by atoms with Gasteiger partial charge >= 0.3 is 0 Å². The zero-order valence-electron chi connectivity index (χ0n) is 12.6. The number of anilines is 2. The van der Waals surface area contributed by atoms with Crippen molar-refractivity contribution < 1.29 is 0 Å². The first-order valence-electron chi connectivity index (χ1n) is 7.35. The van der Waals surface area contributed by atoms with Crippen molar-refractivity contribution in [3.8, 4) is 16.9 Å². The molecular weight excluding hydrogens is 340 g/mol. The van der Waals surface area contributed by atoms with Gasteiger partial charge in [0, 0.05) is 39.7 Å². The molecule has 0 amide bonds. The van der Waals surface area contributed by atoms with E-state index in [0.29, 0.717) is 5.02 Å². The number of aromatic nitrogens is 3. The van der Waals surface area contributed by atoms with Crippen LogP contribution in [0.2, 0.25) is 5.02 Å². The Morgan fingerprint density at radius 1 is 1.08 bits per heavy atom. The van der Waals surface area contributed by atoms with Crippen LogP contribution in [0.4, 0.5) is 10.8 Å². The predicted molar refractivity (Wildman–Crippen MR) is 99.4 cm³/mol. The Kier molecular flexibility index (Phi) is 4.02. The number of halogens is 1. The first-order valence-corrected chi connectivity index (χ1v) is 8.61. The molecule has 0 atom stereocenters. The molecule has 2 aromatic heterocycles. The molecule has 0 aliphatic rings. The summed E-state index contributed by atoms with van der Waals surface area (Å²) in [5.74, 6) is 0. The van der Waals surface area contributed by atoms with Crippen molar-refractivity contribution in [1.82, 2.24) is 14.5 Å². The molecular formula is C18H13ClN4S. The van der Waals surface area contributed by atoms with Crippen LogP contribution in [-0.4, -0.2) is 14.5 Å². The molecule has 0 spiro atoms. The highest BCUT2D eigenvalue weighted by Crippen LogP contribution is 2.31. The Labute approximate surface area is 148 Å². The molecule has 2 heterocycles. The van der Waals surface area contributed by atoms with Gasteiger partial charge in [-0.05, 0) is 24.3 Å². The number of imidazole rings is 1. The zero-order valence-corrected chi connectivity index (χ0v) is 14.1. The number of hydrogen-bond donors (Lipinski definition) is 1. The van der Waals surface area contributed by atoms with E-state index in [1.165, 1.54) is 0 Å². The van der Waals surface area contributed by atoms with E-state index in [2.05, 4.69) is 21.4 Å². The maximum absolute atomic E-state index is 6.24. The Bertz CT molecular complexity index is 963. The fourth-order valence-electron chi connectivity index (χ4n) is 2.40. The molecule has 0 radical (unpaired) electrons. The Hall–Kier alpha value is -2.63. The second-order valence-corrected chi connectivity index (χ2v) is 6.43. The fourth-order valence-corrected chi connectivity index (χ4v) is 3.37. The standard InChI is InChI=1S/C18H13ClN4S/c19-16-7-2-1-6-15(16)17-11-24-18(22-17)21-13-4-3-5-14(10-13)23-9-8-20-12-23/h1-12H,(H,21,22). The molecule has 6 heteroatoms. The van der Waals surface area contributed by atoms with E-state index in [0.717, 1.165) is 27.8 Å². The molecule has 4 rings (SSSR count). The van der Waals surface area contributed by atoms with Crippen LogP contribution in [0.25, 0.3) is 16.9 Å². The molecule has 1 N–H and O–H groups in total. The third-order valence-corrected chi connectivity index (χ3v) is 4.64. The van der Waals surface area contributed by atoms with E-state index in [1.54, 1.807) is 23.9 Å². The van der Waals surface area contributed by atoms with Gasteiger partial charge in [0.25, 0.3) is 0 Å².